The molecule has 2 atom stereocenters. The minimum Gasteiger partial charge on any atom is -0.356 e. The standard InChI is InChI=1S/C18H26N2O2/c1-13(2)12-20-18(22)16-11-15(16)17(21)19-10-6-9-14-7-4-3-5-8-14/h3-5,7-8,13,15-16H,6,9-12H2,1-2H3,(H,19,21)(H,20,22). The van der Waals surface area contributed by atoms with Crippen LogP contribution >= 0.6 is 0 Å². The van der Waals surface area contributed by atoms with E-state index in [4.69, 9.17) is 0 Å². The Morgan fingerprint density at radius 1 is 1.09 bits per heavy atom. The van der Waals surface area contributed by atoms with Gasteiger partial charge < -0.3 is 10.6 Å². The van der Waals surface area contributed by atoms with Crippen molar-refractivity contribution in [2.45, 2.75) is 33.1 Å². The molecule has 2 unspecified atom stereocenters. The molecule has 0 radical (unpaired) electrons. The molecular formula is C18H26N2O2. The number of amides is 2. The van der Waals surface area contributed by atoms with Gasteiger partial charge in [0.25, 0.3) is 0 Å². The Labute approximate surface area is 132 Å². The van der Waals surface area contributed by atoms with Crippen LogP contribution < -0.4 is 10.6 Å². The first-order valence-electron chi connectivity index (χ1n) is 8.17. The number of carbonyl (C=O) groups excluding carboxylic acids is 2. The van der Waals surface area contributed by atoms with E-state index >= 15 is 0 Å². The van der Waals surface area contributed by atoms with Crippen LogP contribution in [0.15, 0.2) is 30.3 Å². The third kappa shape index (κ3) is 5.17. The van der Waals surface area contributed by atoms with Crippen molar-refractivity contribution < 1.29 is 9.59 Å². The molecule has 4 nitrogen and oxygen atoms in total. The lowest BCUT2D eigenvalue weighted by molar-refractivity contribution is -0.127. The van der Waals surface area contributed by atoms with E-state index in [2.05, 4.69) is 36.6 Å². The predicted octanol–water partition coefficient (Wildman–Crippen LogP) is 2.14. The van der Waals surface area contributed by atoms with Crippen LogP contribution in [0.3, 0.4) is 0 Å². The van der Waals surface area contributed by atoms with E-state index in [1.165, 1.54) is 5.56 Å². The van der Waals surface area contributed by atoms with Gasteiger partial charge in [0.15, 0.2) is 0 Å². The van der Waals surface area contributed by atoms with Gasteiger partial charge in [-0.2, -0.15) is 0 Å². The number of nitrogens with one attached hydrogen (secondary N) is 2. The molecule has 1 aliphatic rings. The highest BCUT2D eigenvalue weighted by Crippen LogP contribution is 2.38. The Kier molecular flexibility index (Phi) is 5.99. The van der Waals surface area contributed by atoms with Crippen molar-refractivity contribution in [3.63, 3.8) is 0 Å². The summed E-state index contributed by atoms with van der Waals surface area (Å²) in [5.74, 6) is 0.251. The summed E-state index contributed by atoms with van der Waals surface area (Å²) >= 11 is 0. The van der Waals surface area contributed by atoms with Crippen LogP contribution in [-0.4, -0.2) is 24.9 Å². The highest BCUT2D eigenvalue weighted by molar-refractivity contribution is 5.92. The average Bonchev–Trinajstić information content (AvgIpc) is 3.30. The molecule has 0 spiro atoms. The summed E-state index contributed by atoms with van der Waals surface area (Å²) in [6.07, 6.45) is 2.57. The third-order valence-electron chi connectivity index (χ3n) is 3.93. The van der Waals surface area contributed by atoms with Crippen molar-refractivity contribution in [1.82, 2.24) is 10.6 Å². The molecule has 0 aromatic heterocycles. The van der Waals surface area contributed by atoms with Gasteiger partial charge in [0.1, 0.15) is 0 Å². The van der Waals surface area contributed by atoms with Crippen molar-refractivity contribution in [2.24, 2.45) is 17.8 Å². The lowest BCUT2D eigenvalue weighted by Gasteiger charge is -2.08. The highest BCUT2D eigenvalue weighted by Gasteiger charge is 2.47. The van der Waals surface area contributed by atoms with Gasteiger partial charge in [0, 0.05) is 13.1 Å². The number of hydrogen-bond donors (Lipinski definition) is 2. The topological polar surface area (TPSA) is 58.2 Å². The molecule has 2 N–H and O–H groups in total. The van der Waals surface area contributed by atoms with E-state index in [9.17, 15) is 9.59 Å². The number of aryl methyl sites for hydroxylation is 1. The summed E-state index contributed by atoms with van der Waals surface area (Å²) in [5.41, 5.74) is 1.29. The molecule has 1 aromatic carbocycles. The summed E-state index contributed by atoms with van der Waals surface area (Å²) < 4.78 is 0. The Hall–Kier alpha value is -1.84. The first kappa shape index (κ1) is 16.5. The zero-order valence-corrected chi connectivity index (χ0v) is 13.5. The lowest BCUT2D eigenvalue weighted by Crippen LogP contribution is -2.32. The summed E-state index contributed by atoms with van der Waals surface area (Å²) in [6, 6.07) is 10.2. The second kappa shape index (κ2) is 7.97. The summed E-state index contributed by atoms with van der Waals surface area (Å²) in [7, 11) is 0. The zero-order chi connectivity index (χ0) is 15.9. The quantitative estimate of drug-likeness (QED) is 0.723. The monoisotopic (exact) mass is 302 g/mol. The van der Waals surface area contributed by atoms with E-state index in [-0.39, 0.29) is 23.7 Å². The fourth-order valence-electron chi connectivity index (χ4n) is 2.49. The fraction of sp³-hybridized carbons (Fsp3) is 0.556. The third-order valence-corrected chi connectivity index (χ3v) is 3.93. The normalized spacial score (nSPS) is 19.8. The SMILES string of the molecule is CC(C)CNC(=O)C1CC1C(=O)NCCCc1ccccc1. The van der Waals surface area contributed by atoms with Gasteiger partial charge >= 0.3 is 0 Å². The molecule has 1 aliphatic carbocycles. The van der Waals surface area contributed by atoms with Gasteiger partial charge in [-0.25, -0.2) is 0 Å². The maximum absolute atomic E-state index is 12.0. The van der Waals surface area contributed by atoms with Crippen molar-refractivity contribution in [1.29, 1.82) is 0 Å². The number of benzene rings is 1. The van der Waals surface area contributed by atoms with Gasteiger partial charge in [-0.15, -0.1) is 0 Å². The minimum absolute atomic E-state index is 0.0257. The van der Waals surface area contributed by atoms with Gasteiger partial charge in [0.2, 0.25) is 11.8 Å². The van der Waals surface area contributed by atoms with Crippen molar-refractivity contribution in [3.8, 4) is 0 Å². The summed E-state index contributed by atoms with van der Waals surface area (Å²) in [5, 5.41) is 5.84. The summed E-state index contributed by atoms with van der Waals surface area (Å²) in [6.45, 7) is 5.47. The minimum atomic E-state index is -0.121. The molecule has 0 heterocycles. The Balaban J connectivity index is 1.60. The van der Waals surface area contributed by atoms with Crippen LogP contribution in [-0.2, 0) is 16.0 Å². The molecule has 2 rings (SSSR count). The largest absolute Gasteiger partial charge is 0.356 e. The van der Waals surface area contributed by atoms with E-state index < -0.39 is 0 Å². The molecule has 1 saturated carbocycles. The Bertz CT molecular complexity index is 499. The number of carbonyl (C=O) groups is 2. The van der Waals surface area contributed by atoms with Crippen molar-refractivity contribution in [2.75, 3.05) is 13.1 Å². The van der Waals surface area contributed by atoms with Crippen LogP contribution in [0.5, 0.6) is 0 Å². The maximum atomic E-state index is 12.0. The van der Waals surface area contributed by atoms with Crippen molar-refractivity contribution in [3.05, 3.63) is 35.9 Å². The van der Waals surface area contributed by atoms with Crippen LogP contribution in [0.4, 0.5) is 0 Å². The number of rotatable bonds is 8. The molecule has 1 fully saturated rings. The van der Waals surface area contributed by atoms with Crippen LogP contribution in [0.2, 0.25) is 0 Å². The molecule has 0 saturated heterocycles. The molecule has 4 heteroatoms. The molecule has 1 aromatic rings. The van der Waals surface area contributed by atoms with Crippen LogP contribution in [0.25, 0.3) is 0 Å². The predicted molar refractivity (Wildman–Crippen MR) is 87.2 cm³/mol. The van der Waals surface area contributed by atoms with Crippen molar-refractivity contribution >= 4 is 11.8 Å². The molecule has 120 valence electrons. The molecule has 0 aliphatic heterocycles. The molecule has 2 amide bonds. The highest BCUT2D eigenvalue weighted by atomic mass is 16.2. The van der Waals surface area contributed by atoms with Gasteiger partial charge in [-0.1, -0.05) is 44.2 Å². The second-order valence-corrected chi connectivity index (χ2v) is 6.47. The van der Waals surface area contributed by atoms with E-state index in [0.717, 1.165) is 12.8 Å². The smallest absolute Gasteiger partial charge is 0.223 e. The molecule has 0 bridgehead atoms. The molecule has 22 heavy (non-hydrogen) atoms. The zero-order valence-electron chi connectivity index (χ0n) is 13.5. The van der Waals surface area contributed by atoms with Gasteiger partial charge in [-0.3, -0.25) is 9.59 Å². The maximum Gasteiger partial charge on any atom is 0.223 e. The Morgan fingerprint density at radius 2 is 1.73 bits per heavy atom. The number of hydrogen-bond acceptors (Lipinski definition) is 2. The van der Waals surface area contributed by atoms with Gasteiger partial charge in [0.05, 0.1) is 11.8 Å². The van der Waals surface area contributed by atoms with Crippen LogP contribution in [0.1, 0.15) is 32.3 Å². The van der Waals surface area contributed by atoms with Gasteiger partial charge in [-0.05, 0) is 30.7 Å². The van der Waals surface area contributed by atoms with E-state index in [1.807, 2.05) is 18.2 Å². The van der Waals surface area contributed by atoms with E-state index in [1.54, 1.807) is 0 Å². The first-order chi connectivity index (χ1) is 10.6. The Morgan fingerprint density at radius 3 is 2.36 bits per heavy atom. The van der Waals surface area contributed by atoms with E-state index in [0.29, 0.717) is 25.4 Å². The fourth-order valence-corrected chi connectivity index (χ4v) is 2.49. The lowest BCUT2D eigenvalue weighted by atomic mass is 10.1. The average molecular weight is 302 g/mol. The first-order valence-corrected chi connectivity index (χ1v) is 8.17. The summed E-state index contributed by atoms with van der Waals surface area (Å²) in [4.78, 5) is 23.8. The second-order valence-electron chi connectivity index (χ2n) is 6.47. The molecular weight excluding hydrogens is 276 g/mol. The van der Waals surface area contributed by atoms with Crippen LogP contribution in [0, 0.1) is 17.8 Å².